The van der Waals surface area contributed by atoms with Crippen molar-refractivity contribution in [1.29, 1.82) is 0 Å². The van der Waals surface area contributed by atoms with Crippen LogP contribution in [0.3, 0.4) is 0 Å². The number of nitrogens with zero attached hydrogens (tertiary/aromatic N) is 2. The van der Waals surface area contributed by atoms with Gasteiger partial charge in [0.25, 0.3) is 5.56 Å². The Labute approximate surface area is 233 Å². The van der Waals surface area contributed by atoms with Crippen molar-refractivity contribution in [2.24, 2.45) is 0 Å². The molecule has 0 unspecified atom stereocenters. The minimum Gasteiger partial charge on any atom is -0.307 e. The summed E-state index contributed by atoms with van der Waals surface area (Å²) in [6, 6.07) is 26.6. The number of carbonyl (C=O) groups is 1. The second-order valence-corrected chi connectivity index (χ2v) is 12.4. The molecule has 2 aliphatic rings. The standard InChI is InChI=1S/C33H30N2O4S/c36-31(24-34-23-30(14-15-32(34)37)40(38,39)35-20-6-7-21-35)33(29-13-12-26-10-4-5-11-28(26)22-29)18-16-27(17-19-33)25-8-2-1-3-9-25/h1-5,8-19,22-23,27H,6-7,20-21,24H2. The van der Waals surface area contributed by atoms with Crippen LogP contribution in [0.2, 0.25) is 0 Å². The summed E-state index contributed by atoms with van der Waals surface area (Å²) >= 11 is 0. The molecule has 1 aliphatic heterocycles. The third kappa shape index (κ3) is 4.76. The first-order valence-electron chi connectivity index (χ1n) is 13.5. The molecule has 4 aromatic rings. The van der Waals surface area contributed by atoms with E-state index in [2.05, 4.69) is 12.1 Å². The first kappa shape index (κ1) is 26.2. The van der Waals surface area contributed by atoms with Gasteiger partial charge in [0.1, 0.15) is 0 Å². The summed E-state index contributed by atoms with van der Waals surface area (Å²) in [4.78, 5) is 27.1. The van der Waals surface area contributed by atoms with Gasteiger partial charge in [0.05, 0.1) is 16.9 Å². The average molecular weight is 551 g/mol. The van der Waals surface area contributed by atoms with E-state index in [1.165, 1.54) is 27.2 Å². The fraction of sp³-hybridized carbons (Fsp3) is 0.212. The molecule has 3 aromatic carbocycles. The van der Waals surface area contributed by atoms with E-state index in [0.29, 0.717) is 13.1 Å². The third-order valence-corrected chi connectivity index (χ3v) is 9.86. The number of aromatic nitrogens is 1. The molecule has 202 valence electrons. The minimum absolute atomic E-state index is 0.0132. The maximum atomic E-state index is 14.2. The SMILES string of the molecule is O=C(Cn1cc(S(=O)(=O)N2CCCC2)ccc1=O)C1(c2ccc3ccccc3c2)C=CC(c2ccccc2)C=C1. The molecule has 1 aromatic heterocycles. The van der Waals surface area contributed by atoms with Gasteiger partial charge < -0.3 is 4.57 Å². The Morgan fingerprint density at radius 1 is 0.825 bits per heavy atom. The van der Waals surface area contributed by atoms with Gasteiger partial charge in [-0.05, 0) is 46.9 Å². The zero-order valence-electron chi connectivity index (χ0n) is 22.0. The summed E-state index contributed by atoms with van der Waals surface area (Å²) in [6.45, 7) is 0.660. The van der Waals surface area contributed by atoms with E-state index in [0.717, 1.165) is 34.7 Å². The summed E-state index contributed by atoms with van der Waals surface area (Å²) in [6.07, 6.45) is 10.8. The van der Waals surface area contributed by atoms with Crippen molar-refractivity contribution in [3.05, 3.63) is 137 Å². The zero-order valence-corrected chi connectivity index (χ0v) is 22.8. The topological polar surface area (TPSA) is 76.5 Å². The largest absolute Gasteiger partial charge is 0.307 e. The van der Waals surface area contributed by atoms with Gasteiger partial charge >= 0.3 is 0 Å². The smallest absolute Gasteiger partial charge is 0.250 e. The number of benzene rings is 3. The highest BCUT2D eigenvalue weighted by Crippen LogP contribution is 2.37. The predicted octanol–water partition coefficient (Wildman–Crippen LogP) is 5.20. The number of rotatable bonds is 7. The number of hydrogen-bond acceptors (Lipinski definition) is 4. The van der Waals surface area contributed by atoms with Gasteiger partial charge in [0.2, 0.25) is 10.0 Å². The molecule has 0 spiro atoms. The summed E-state index contributed by atoms with van der Waals surface area (Å²) in [5.41, 5.74) is 0.376. The van der Waals surface area contributed by atoms with E-state index in [9.17, 15) is 18.0 Å². The lowest BCUT2D eigenvalue weighted by Crippen LogP contribution is -2.38. The number of carbonyl (C=O) groups excluding carboxylic acids is 1. The Morgan fingerprint density at radius 2 is 1.50 bits per heavy atom. The Kier molecular flexibility index (Phi) is 6.86. The molecule has 6 rings (SSSR count). The second-order valence-electron chi connectivity index (χ2n) is 10.5. The van der Waals surface area contributed by atoms with Crippen LogP contribution >= 0.6 is 0 Å². The van der Waals surface area contributed by atoms with Crippen LogP contribution in [0.1, 0.15) is 29.9 Å². The molecule has 1 aliphatic carbocycles. The Hall–Kier alpha value is -4.07. The Balaban J connectivity index is 1.39. The van der Waals surface area contributed by atoms with Gasteiger partial charge in [-0.1, -0.05) is 91.0 Å². The van der Waals surface area contributed by atoms with Crippen LogP contribution in [-0.2, 0) is 26.8 Å². The fourth-order valence-electron chi connectivity index (χ4n) is 5.66. The zero-order chi connectivity index (χ0) is 27.7. The number of hydrogen-bond donors (Lipinski definition) is 0. The van der Waals surface area contributed by atoms with Crippen LogP contribution in [0.25, 0.3) is 10.8 Å². The van der Waals surface area contributed by atoms with Crippen molar-refractivity contribution in [3.63, 3.8) is 0 Å². The van der Waals surface area contributed by atoms with E-state index in [-0.39, 0.29) is 23.1 Å². The quantitative estimate of drug-likeness (QED) is 0.296. The van der Waals surface area contributed by atoms with Crippen LogP contribution in [0.15, 0.2) is 125 Å². The first-order chi connectivity index (χ1) is 19.4. The molecule has 1 saturated heterocycles. The Morgan fingerprint density at radius 3 is 2.23 bits per heavy atom. The van der Waals surface area contributed by atoms with Crippen LogP contribution < -0.4 is 5.56 Å². The average Bonchev–Trinajstić information content (AvgIpc) is 3.55. The molecule has 2 heterocycles. The molecule has 1 fully saturated rings. The van der Waals surface area contributed by atoms with Crippen LogP contribution in [-0.4, -0.2) is 36.2 Å². The number of fused-ring (bicyclic) bond motifs is 1. The number of Topliss-reactive ketones (excluding diaryl/α,β-unsaturated/α-hetero) is 1. The van der Waals surface area contributed by atoms with Crippen molar-refractivity contribution in [1.82, 2.24) is 8.87 Å². The summed E-state index contributed by atoms with van der Waals surface area (Å²) in [7, 11) is -3.73. The van der Waals surface area contributed by atoms with Gasteiger partial charge in [-0.15, -0.1) is 0 Å². The van der Waals surface area contributed by atoms with Gasteiger partial charge in [-0.3, -0.25) is 9.59 Å². The number of sulfonamides is 1. The van der Waals surface area contributed by atoms with E-state index in [4.69, 9.17) is 0 Å². The minimum atomic E-state index is -3.73. The maximum Gasteiger partial charge on any atom is 0.250 e. The van der Waals surface area contributed by atoms with Gasteiger partial charge in [0, 0.05) is 31.3 Å². The van der Waals surface area contributed by atoms with Gasteiger partial charge in [-0.2, -0.15) is 4.31 Å². The lowest BCUT2D eigenvalue weighted by atomic mass is 9.71. The molecule has 0 atom stereocenters. The maximum absolute atomic E-state index is 14.2. The van der Waals surface area contributed by atoms with Crippen molar-refractivity contribution >= 4 is 26.6 Å². The Bertz CT molecular complexity index is 1790. The van der Waals surface area contributed by atoms with E-state index in [1.807, 2.05) is 85.0 Å². The normalized spacial score (nSPS) is 21.1. The lowest BCUT2D eigenvalue weighted by molar-refractivity contribution is -0.122. The monoisotopic (exact) mass is 550 g/mol. The number of allylic oxidation sites excluding steroid dienone is 4. The number of ketones is 1. The lowest BCUT2D eigenvalue weighted by Gasteiger charge is -2.31. The van der Waals surface area contributed by atoms with E-state index in [1.54, 1.807) is 0 Å². The molecule has 7 heteroatoms. The fourth-order valence-corrected chi connectivity index (χ4v) is 7.20. The molecule has 40 heavy (non-hydrogen) atoms. The molecule has 0 saturated carbocycles. The van der Waals surface area contributed by atoms with Gasteiger partial charge in [0.15, 0.2) is 5.78 Å². The van der Waals surface area contributed by atoms with Crippen LogP contribution in [0.4, 0.5) is 0 Å². The third-order valence-electron chi connectivity index (χ3n) is 7.98. The molecule has 0 radical (unpaired) electrons. The van der Waals surface area contributed by atoms with Crippen LogP contribution in [0.5, 0.6) is 0 Å². The molecule has 0 N–H and O–H groups in total. The molecular weight excluding hydrogens is 520 g/mol. The molecule has 6 nitrogen and oxygen atoms in total. The van der Waals surface area contributed by atoms with Gasteiger partial charge in [-0.25, -0.2) is 8.42 Å². The highest BCUT2D eigenvalue weighted by atomic mass is 32.2. The van der Waals surface area contributed by atoms with Crippen molar-refractivity contribution in [2.75, 3.05) is 13.1 Å². The number of pyridine rings is 1. The van der Waals surface area contributed by atoms with Crippen molar-refractivity contribution < 1.29 is 13.2 Å². The highest BCUT2D eigenvalue weighted by molar-refractivity contribution is 7.89. The second kappa shape index (κ2) is 10.5. The van der Waals surface area contributed by atoms with E-state index >= 15 is 0 Å². The summed E-state index contributed by atoms with van der Waals surface area (Å²) in [5, 5.41) is 2.07. The first-order valence-corrected chi connectivity index (χ1v) is 15.0. The molecule has 0 bridgehead atoms. The van der Waals surface area contributed by atoms with Crippen LogP contribution in [0, 0.1) is 0 Å². The molecular formula is C33H30N2O4S. The summed E-state index contributed by atoms with van der Waals surface area (Å²) in [5.74, 6) is -0.209. The van der Waals surface area contributed by atoms with E-state index < -0.39 is 21.0 Å². The summed E-state index contributed by atoms with van der Waals surface area (Å²) < 4.78 is 29.0. The van der Waals surface area contributed by atoms with Crippen molar-refractivity contribution in [3.8, 4) is 0 Å². The molecule has 0 amide bonds. The highest BCUT2D eigenvalue weighted by Gasteiger charge is 2.38. The predicted molar refractivity (Wildman–Crippen MR) is 157 cm³/mol. The van der Waals surface area contributed by atoms with Crippen molar-refractivity contribution in [2.45, 2.75) is 35.6 Å².